The fourth-order valence-corrected chi connectivity index (χ4v) is 4.46. The van der Waals surface area contributed by atoms with Gasteiger partial charge in [0.25, 0.3) is 10.0 Å². The molecule has 1 aromatic heterocycles. The van der Waals surface area contributed by atoms with Crippen LogP contribution in [-0.2, 0) is 16.6 Å². The summed E-state index contributed by atoms with van der Waals surface area (Å²) < 4.78 is 27.0. The molecule has 2 rings (SSSR count). The van der Waals surface area contributed by atoms with Crippen molar-refractivity contribution in [1.82, 2.24) is 14.6 Å². The van der Waals surface area contributed by atoms with Gasteiger partial charge in [-0.2, -0.15) is 4.31 Å². The first-order chi connectivity index (χ1) is 9.46. The monoisotopic (exact) mass is 297 g/mol. The Balaban J connectivity index is 2.25. The topological polar surface area (TPSA) is 62.3 Å². The molecular formula is C14H23N3O2S. The summed E-state index contributed by atoms with van der Waals surface area (Å²) >= 11 is 0. The van der Waals surface area contributed by atoms with E-state index in [4.69, 9.17) is 0 Å². The summed E-state index contributed by atoms with van der Waals surface area (Å²) in [5.74, 6) is 0.329. The molecule has 0 bridgehead atoms. The average Bonchev–Trinajstić information content (AvgIpc) is 2.90. The van der Waals surface area contributed by atoms with Gasteiger partial charge in [0.2, 0.25) is 0 Å². The Labute approximate surface area is 121 Å². The van der Waals surface area contributed by atoms with E-state index in [9.17, 15) is 8.42 Å². The fraction of sp³-hybridized carbons (Fsp3) is 0.643. The second-order valence-corrected chi connectivity index (χ2v) is 7.44. The number of hydrogen-bond acceptors (Lipinski definition) is 4. The van der Waals surface area contributed by atoms with Crippen molar-refractivity contribution in [3.8, 4) is 0 Å². The maximum atomic E-state index is 12.7. The second kappa shape index (κ2) is 6.20. The van der Waals surface area contributed by atoms with E-state index in [1.807, 2.05) is 13.1 Å². The number of nitrogens with one attached hydrogen (secondary N) is 1. The molecule has 1 aliphatic heterocycles. The van der Waals surface area contributed by atoms with E-state index in [-0.39, 0.29) is 11.1 Å². The highest BCUT2D eigenvalue weighted by Gasteiger charge is 2.37. The lowest BCUT2D eigenvalue weighted by Crippen LogP contribution is -2.38. The molecule has 0 amide bonds. The number of pyridine rings is 1. The van der Waals surface area contributed by atoms with Gasteiger partial charge in [0.05, 0.1) is 0 Å². The van der Waals surface area contributed by atoms with E-state index in [1.165, 1.54) is 0 Å². The summed E-state index contributed by atoms with van der Waals surface area (Å²) in [7, 11) is -1.61. The van der Waals surface area contributed by atoms with Crippen molar-refractivity contribution in [2.75, 3.05) is 13.6 Å². The molecule has 1 aliphatic rings. The average molecular weight is 297 g/mol. The van der Waals surface area contributed by atoms with E-state index < -0.39 is 10.0 Å². The normalized spacial score (nSPS) is 20.7. The zero-order valence-corrected chi connectivity index (χ0v) is 13.2. The minimum absolute atomic E-state index is 0.0961. The van der Waals surface area contributed by atoms with Gasteiger partial charge in [-0.1, -0.05) is 19.9 Å². The summed E-state index contributed by atoms with van der Waals surface area (Å²) in [4.78, 5) is 4.14. The van der Waals surface area contributed by atoms with Gasteiger partial charge in [-0.05, 0) is 37.4 Å². The summed E-state index contributed by atoms with van der Waals surface area (Å²) in [5.41, 5.74) is 0.980. The van der Waals surface area contributed by atoms with Crippen LogP contribution >= 0.6 is 0 Å². The van der Waals surface area contributed by atoms with Crippen molar-refractivity contribution < 1.29 is 8.42 Å². The van der Waals surface area contributed by atoms with Gasteiger partial charge in [-0.15, -0.1) is 0 Å². The van der Waals surface area contributed by atoms with Crippen LogP contribution in [0.5, 0.6) is 0 Å². The Morgan fingerprint density at radius 1 is 1.45 bits per heavy atom. The smallest absolute Gasteiger partial charge is 0.260 e. The Hall–Kier alpha value is -0.980. The first-order valence-corrected chi connectivity index (χ1v) is 8.52. The quantitative estimate of drug-likeness (QED) is 0.897. The first-order valence-electron chi connectivity index (χ1n) is 7.08. The zero-order chi connectivity index (χ0) is 14.8. The molecule has 0 aliphatic carbocycles. The molecule has 0 saturated carbocycles. The molecule has 0 spiro atoms. The molecule has 1 saturated heterocycles. The lowest BCUT2D eigenvalue weighted by atomic mass is 10.0. The van der Waals surface area contributed by atoms with Gasteiger partial charge in [0, 0.05) is 25.3 Å². The van der Waals surface area contributed by atoms with Crippen LogP contribution in [0.25, 0.3) is 0 Å². The Bertz CT molecular complexity index is 540. The van der Waals surface area contributed by atoms with Crippen molar-refractivity contribution in [3.05, 3.63) is 23.9 Å². The minimum Gasteiger partial charge on any atom is -0.316 e. The van der Waals surface area contributed by atoms with Gasteiger partial charge in [-0.3, -0.25) is 0 Å². The number of sulfonamides is 1. The molecule has 6 heteroatoms. The van der Waals surface area contributed by atoms with Crippen molar-refractivity contribution in [2.24, 2.45) is 5.92 Å². The van der Waals surface area contributed by atoms with Gasteiger partial charge in [-0.25, -0.2) is 13.4 Å². The van der Waals surface area contributed by atoms with E-state index in [0.717, 1.165) is 18.4 Å². The van der Waals surface area contributed by atoms with Crippen molar-refractivity contribution >= 4 is 10.0 Å². The Morgan fingerprint density at radius 3 is 2.75 bits per heavy atom. The number of rotatable bonds is 5. The molecule has 0 aromatic carbocycles. The van der Waals surface area contributed by atoms with Gasteiger partial charge in [0.1, 0.15) is 0 Å². The second-order valence-electron chi connectivity index (χ2n) is 5.60. The third-order valence-electron chi connectivity index (χ3n) is 3.77. The standard InChI is InChI=1S/C14H23N3O2S/c1-11(2)13-5-4-8-17(13)20(18,19)14-7-6-12(9-15-3)10-16-14/h6-7,10-11,13,15H,4-5,8-9H2,1-3H3. The van der Waals surface area contributed by atoms with Crippen LogP contribution in [0.3, 0.4) is 0 Å². The summed E-state index contributed by atoms with van der Waals surface area (Å²) in [6.07, 6.45) is 3.50. The molecule has 1 unspecified atom stereocenters. The first kappa shape index (κ1) is 15.4. The van der Waals surface area contributed by atoms with Crippen molar-refractivity contribution in [1.29, 1.82) is 0 Å². The molecule has 20 heavy (non-hydrogen) atoms. The van der Waals surface area contributed by atoms with Crippen molar-refractivity contribution in [2.45, 2.75) is 44.3 Å². The van der Waals surface area contributed by atoms with Gasteiger partial charge in [0.15, 0.2) is 5.03 Å². The molecule has 2 heterocycles. The number of nitrogens with zero attached hydrogens (tertiary/aromatic N) is 2. The summed E-state index contributed by atoms with van der Waals surface area (Å²) in [6, 6.07) is 3.52. The molecule has 1 atom stereocenters. The zero-order valence-electron chi connectivity index (χ0n) is 12.3. The van der Waals surface area contributed by atoms with Crippen LogP contribution in [-0.4, -0.2) is 37.3 Å². The molecule has 112 valence electrons. The molecule has 0 radical (unpaired) electrons. The molecule has 5 nitrogen and oxygen atoms in total. The minimum atomic E-state index is -3.46. The van der Waals surface area contributed by atoms with E-state index >= 15 is 0 Å². The SMILES string of the molecule is CNCc1ccc(S(=O)(=O)N2CCCC2C(C)C)nc1. The highest BCUT2D eigenvalue weighted by Crippen LogP contribution is 2.29. The highest BCUT2D eigenvalue weighted by atomic mass is 32.2. The maximum absolute atomic E-state index is 12.7. The lowest BCUT2D eigenvalue weighted by Gasteiger charge is -2.26. The molecular weight excluding hydrogens is 274 g/mol. The predicted octanol–water partition coefficient (Wildman–Crippen LogP) is 1.61. The number of aromatic nitrogens is 1. The number of hydrogen-bond donors (Lipinski definition) is 1. The van der Waals surface area contributed by atoms with E-state index in [2.05, 4.69) is 24.1 Å². The largest absolute Gasteiger partial charge is 0.316 e. The van der Waals surface area contributed by atoms with Crippen LogP contribution in [0, 0.1) is 5.92 Å². The van der Waals surface area contributed by atoms with Crippen LogP contribution in [0.1, 0.15) is 32.3 Å². The van der Waals surface area contributed by atoms with Crippen LogP contribution < -0.4 is 5.32 Å². The summed E-state index contributed by atoms with van der Waals surface area (Å²) in [5, 5.41) is 3.18. The predicted molar refractivity (Wildman–Crippen MR) is 78.8 cm³/mol. The maximum Gasteiger partial charge on any atom is 0.260 e. The van der Waals surface area contributed by atoms with Gasteiger partial charge < -0.3 is 5.32 Å². The Morgan fingerprint density at radius 2 is 2.20 bits per heavy atom. The Kier molecular flexibility index (Phi) is 4.78. The fourth-order valence-electron chi connectivity index (χ4n) is 2.72. The molecule has 1 fully saturated rings. The molecule has 1 aromatic rings. The lowest BCUT2D eigenvalue weighted by molar-refractivity contribution is 0.315. The van der Waals surface area contributed by atoms with Crippen LogP contribution in [0.15, 0.2) is 23.4 Å². The molecule has 1 N–H and O–H groups in total. The van der Waals surface area contributed by atoms with E-state index in [0.29, 0.717) is 19.0 Å². The van der Waals surface area contributed by atoms with E-state index in [1.54, 1.807) is 16.6 Å². The van der Waals surface area contributed by atoms with Gasteiger partial charge >= 0.3 is 0 Å². The third kappa shape index (κ3) is 3.02. The highest BCUT2D eigenvalue weighted by molar-refractivity contribution is 7.89. The third-order valence-corrected chi connectivity index (χ3v) is 5.61. The van der Waals surface area contributed by atoms with Crippen molar-refractivity contribution in [3.63, 3.8) is 0 Å². The summed E-state index contributed by atoms with van der Waals surface area (Å²) in [6.45, 7) is 5.43. The van der Waals surface area contributed by atoms with Crippen LogP contribution in [0.4, 0.5) is 0 Å². The van der Waals surface area contributed by atoms with Crippen LogP contribution in [0.2, 0.25) is 0 Å².